The predicted molar refractivity (Wildman–Crippen MR) is 66.6 cm³/mol. The minimum Gasteiger partial charge on any atom is -0.326 e. The highest BCUT2D eigenvalue weighted by molar-refractivity contribution is 5.89. The summed E-state index contributed by atoms with van der Waals surface area (Å²) in [5.41, 5.74) is 0.823. The lowest BCUT2D eigenvalue weighted by atomic mass is 10.3. The maximum Gasteiger partial charge on any atom is 0.321 e. The molecule has 0 radical (unpaired) electrons. The first kappa shape index (κ1) is 12.5. The monoisotopic (exact) mass is 221 g/mol. The average molecular weight is 221 g/mol. The summed E-state index contributed by atoms with van der Waals surface area (Å²) in [7, 11) is 5.77. The van der Waals surface area contributed by atoms with Gasteiger partial charge in [0.1, 0.15) is 0 Å². The summed E-state index contributed by atoms with van der Waals surface area (Å²) < 4.78 is 0. The number of hydrogen-bond acceptors (Lipinski definition) is 2. The van der Waals surface area contributed by atoms with Gasteiger partial charge in [-0.1, -0.05) is 18.2 Å². The smallest absolute Gasteiger partial charge is 0.321 e. The van der Waals surface area contributed by atoms with Gasteiger partial charge in [0.25, 0.3) is 0 Å². The number of amides is 2. The lowest BCUT2D eigenvalue weighted by Gasteiger charge is -2.20. The van der Waals surface area contributed by atoms with Crippen LogP contribution in [0.5, 0.6) is 0 Å². The fourth-order valence-electron chi connectivity index (χ4n) is 1.19. The second-order valence-corrected chi connectivity index (χ2v) is 4.02. The molecule has 0 unspecified atom stereocenters. The lowest BCUT2D eigenvalue weighted by molar-refractivity contribution is 0.217. The van der Waals surface area contributed by atoms with Crippen LogP contribution in [0.15, 0.2) is 30.3 Å². The van der Waals surface area contributed by atoms with E-state index in [9.17, 15) is 4.79 Å². The molecule has 16 heavy (non-hydrogen) atoms. The van der Waals surface area contributed by atoms with Crippen molar-refractivity contribution >= 4 is 11.7 Å². The Bertz CT molecular complexity index is 324. The summed E-state index contributed by atoms with van der Waals surface area (Å²) in [6, 6.07) is 9.39. The summed E-state index contributed by atoms with van der Waals surface area (Å²) in [5.74, 6) is 0. The van der Waals surface area contributed by atoms with E-state index in [0.717, 1.165) is 12.2 Å². The van der Waals surface area contributed by atoms with Gasteiger partial charge in [0.2, 0.25) is 0 Å². The number of carbonyl (C=O) groups excluding carboxylic acids is 1. The van der Waals surface area contributed by atoms with Crippen LogP contribution in [0.3, 0.4) is 0 Å². The van der Waals surface area contributed by atoms with E-state index in [-0.39, 0.29) is 6.03 Å². The number of rotatable bonds is 4. The first-order valence-corrected chi connectivity index (χ1v) is 5.31. The molecule has 0 saturated heterocycles. The number of para-hydroxylation sites is 1. The van der Waals surface area contributed by atoms with Crippen LogP contribution in [0.4, 0.5) is 10.5 Å². The minimum absolute atomic E-state index is 0.0759. The summed E-state index contributed by atoms with van der Waals surface area (Å²) in [6.07, 6.45) is 0. The largest absolute Gasteiger partial charge is 0.326 e. The van der Waals surface area contributed by atoms with E-state index in [0.29, 0.717) is 6.54 Å². The molecule has 88 valence electrons. The van der Waals surface area contributed by atoms with Gasteiger partial charge in [-0.3, -0.25) is 0 Å². The molecule has 4 nitrogen and oxygen atoms in total. The molecule has 1 rings (SSSR count). The van der Waals surface area contributed by atoms with Crippen LogP contribution in [0.25, 0.3) is 0 Å². The van der Waals surface area contributed by atoms with Crippen molar-refractivity contribution in [3.05, 3.63) is 30.3 Å². The molecule has 0 fully saturated rings. The number of anilines is 1. The van der Waals surface area contributed by atoms with E-state index in [1.54, 1.807) is 11.9 Å². The van der Waals surface area contributed by atoms with Crippen molar-refractivity contribution in [1.29, 1.82) is 0 Å². The molecule has 0 atom stereocenters. The normalized spacial score (nSPS) is 10.2. The molecule has 0 spiro atoms. The van der Waals surface area contributed by atoms with Gasteiger partial charge in [-0.15, -0.1) is 0 Å². The van der Waals surface area contributed by atoms with Gasteiger partial charge in [0, 0.05) is 25.8 Å². The highest BCUT2D eigenvalue weighted by atomic mass is 16.2. The van der Waals surface area contributed by atoms with Crippen molar-refractivity contribution in [1.82, 2.24) is 9.80 Å². The van der Waals surface area contributed by atoms with Crippen LogP contribution in [0, 0.1) is 0 Å². The van der Waals surface area contributed by atoms with Crippen LogP contribution < -0.4 is 5.32 Å². The zero-order chi connectivity index (χ0) is 12.0. The van der Waals surface area contributed by atoms with Crippen molar-refractivity contribution in [2.24, 2.45) is 0 Å². The lowest BCUT2D eigenvalue weighted by Crippen LogP contribution is -2.36. The Kier molecular flexibility index (Phi) is 4.79. The molecule has 4 heteroatoms. The Hall–Kier alpha value is -1.55. The number of carbonyl (C=O) groups is 1. The Balaban J connectivity index is 2.40. The molecular formula is C12H19N3O. The fraction of sp³-hybridized carbons (Fsp3) is 0.417. The van der Waals surface area contributed by atoms with Gasteiger partial charge < -0.3 is 15.1 Å². The first-order valence-electron chi connectivity index (χ1n) is 5.31. The van der Waals surface area contributed by atoms with E-state index < -0.39 is 0 Å². The van der Waals surface area contributed by atoms with Crippen molar-refractivity contribution in [3.63, 3.8) is 0 Å². The Morgan fingerprint density at radius 1 is 1.12 bits per heavy atom. The average Bonchev–Trinajstić information content (AvgIpc) is 2.27. The standard InChI is InChI=1S/C12H19N3O/c1-14(2)9-10-15(3)12(16)13-11-7-5-4-6-8-11/h4-8H,9-10H2,1-3H3,(H,13,16). The molecule has 1 aromatic carbocycles. The van der Waals surface area contributed by atoms with Gasteiger partial charge in [0.05, 0.1) is 0 Å². The maximum atomic E-state index is 11.7. The second-order valence-electron chi connectivity index (χ2n) is 4.02. The third-order valence-corrected chi connectivity index (χ3v) is 2.25. The van der Waals surface area contributed by atoms with E-state index in [1.807, 2.05) is 49.3 Å². The molecule has 0 aliphatic rings. The number of hydrogen-bond donors (Lipinski definition) is 1. The zero-order valence-electron chi connectivity index (χ0n) is 10.1. The summed E-state index contributed by atoms with van der Waals surface area (Å²) >= 11 is 0. The number of nitrogens with one attached hydrogen (secondary N) is 1. The number of likely N-dealkylation sites (N-methyl/N-ethyl adjacent to an activating group) is 2. The Morgan fingerprint density at radius 2 is 1.75 bits per heavy atom. The molecule has 0 aliphatic heterocycles. The third kappa shape index (κ3) is 4.31. The van der Waals surface area contributed by atoms with E-state index in [1.165, 1.54) is 0 Å². The highest BCUT2D eigenvalue weighted by Crippen LogP contribution is 2.05. The zero-order valence-corrected chi connectivity index (χ0v) is 10.1. The molecule has 1 aromatic rings. The quantitative estimate of drug-likeness (QED) is 0.840. The number of urea groups is 1. The molecular weight excluding hydrogens is 202 g/mol. The van der Waals surface area contributed by atoms with Gasteiger partial charge in [-0.05, 0) is 26.2 Å². The second kappa shape index (κ2) is 6.12. The van der Waals surface area contributed by atoms with E-state index >= 15 is 0 Å². The van der Waals surface area contributed by atoms with Crippen LogP contribution in [0.2, 0.25) is 0 Å². The molecule has 0 aliphatic carbocycles. The molecule has 0 bridgehead atoms. The first-order chi connectivity index (χ1) is 7.59. The van der Waals surface area contributed by atoms with E-state index in [2.05, 4.69) is 5.32 Å². The SMILES string of the molecule is CN(C)CCN(C)C(=O)Nc1ccccc1. The molecule has 0 aromatic heterocycles. The maximum absolute atomic E-state index is 11.7. The number of nitrogens with zero attached hydrogens (tertiary/aromatic N) is 2. The van der Waals surface area contributed by atoms with Gasteiger partial charge in [-0.2, -0.15) is 0 Å². The van der Waals surface area contributed by atoms with Crippen molar-refractivity contribution < 1.29 is 4.79 Å². The molecule has 2 amide bonds. The Morgan fingerprint density at radius 3 is 2.31 bits per heavy atom. The Labute approximate surface area is 96.9 Å². The predicted octanol–water partition coefficient (Wildman–Crippen LogP) is 1.71. The fourth-order valence-corrected chi connectivity index (χ4v) is 1.19. The van der Waals surface area contributed by atoms with E-state index in [4.69, 9.17) is 0 Å². The molecule has 0 heterocycles. The summed E-state index contributed by atoms with van der Waals surface area (Å²) in [5, 5.41) is 2.83. The minimum atomic E-state index is -0.0759. The number of benzene rings is 1. The van der Waals surface area contributed by atoms with Crippen molar-refractivity contribution in [3.8, 4) is 0 Å². The van der Waals surface area contributed by atoms with Gasteiger partial charge in [-0.25, -0.2) is 4.79 Å². The molecule has 1 N–H and O–H groups in total. The van der Waals surface area contributed by atoms with Crippen molar-refractivity contribution in [2.75, 3.05) is 39.5 Å². The van der Waals surface area contributed by atoms with Crippen LogP contribution in [-0.4, -0.2) is 50.1 Å². The van der Waals surface area contributed by atoms with Gasteiger partial charge >= 0.3 is 6.03 Å². The topological polar surface area (TPSA) is 35.6 Å². The highest BCUT2D eigenvalue weighted by Gasteiger charge is 2.07. The summed E-state index contributed by atoms with van der Waals surface area (Å²) in [6.45, 7) is 1.57. The summed E-state index contributed by atoms with van der Waals surface area (Å²) in [4.78, 5) is 15.4. The van der Waals surface area contributed by atoms with Crippen LogP contribution >= 0.6 is 0 Å². The van der Waals surface area contributed by atoms with Crippen molar-refractivity contribution in [2.45, 2.75) is 0 Å². The van der Waals surface area contributed by atoms with Crippen LogP contribution in [0.1, 0.15) is 0 Å². The molecule has 0 saturated carbocycles. The van der Waals surface area contributed by atoms with Crippen LogP contribution in [-0.2, 0) is 0 Å². The third-order valence-electron chi connectivity index (χ3n) is 2.25. The van der Waals surface area contributed by atoms with Gasteiger partial charge in [0.15, 0.2) is 0 Å².